The van der Waals surface area contributed by atoms with Crippen molar-refractivity contribution in [1.82, 2.24) is 42.5 Å². The third kappa shape index (κ3) is 15.3. The molecule has 0 aromatic heterocycles. The average molecular weight is 978 g/mol. The number of amides is 9. The molecule has 0 fully saturated rings. The molecule has 71 heavy (non-hydrogen) atoms. The van der Waals surface area contributed by atoms with Crippen LogP contribution < -0.4 is 48.3 Å². The number of rotatable bonds is 22. The Labute approximate surface area is 409 Å². The summed E-state index contributed by atoms with van der Waals surface area (Å²) in [5.41, 5.74) is 10.7. The van der Waals surface area contributed by atoms with Gasteiger partial charge in [0.05, 0.1) is 6.54 Å². The lowest BCUT2D eigenvalue weighted by atomic mass is 9.98. The Kier molecular flexibility index (Phi) is 18.6. The van der Waals surface area contributed by atoms with E-state index in [9.17, 15) is 53.4 Å². The number of benzene rings is 4. The third-order valence-corrected chi connectivity index (χ3v) is 11.6. The van der Waals surface area contributed by atoms with Crippen molar-refractivity contribution in [1.29, 1.82) is 0 Å². The second-order valence-electron chi connectivity index (χ2n) is 17.2. The number of hydrogen-bond donors (Lipinski definition) is 11. The van der Waals surface area contributed by atoms with Crippen LogP contribution in [0.1, 0.15) is 62.8 Å². The maximum atomic E-state index is 13.7. The minimum atomic E-state index is -1.33. The number of phenols is 2. The fourth-order valence-electron chi connectivity index (χ4n) is 7.50. The lowest BCUT2D eigenvalue weighted by Crippen LogP contribution is -2.58. The molecule has 0 aliphatic heterocycles. The van der Waals surface area contributed by atoms with Crippen molar-refractivity contribution < 1.29 is 58.1 Å². The number of nitrogens with two attached hydrogens (primary N) is 1. The predicted molar refractivity (Wildman–Crippen MR) is 258 cm³/mol. The first-order chi connectivity index (χ1) is 33.7. The van der Waals surface area contributed by atoms with E-state index in [0.29, 0.717) is 11.1 Å². The molecule has 0 heterocycles. The van der Waals surface area contributed by atoms with Crippen molar-refractivity contribution in [3.8, 4) is 22.6 Å². The van der Waals surface area contributed by atoms with Crippen LogP contribution in [-0.4, -0.2) is 119 Å². The highest BCUT2D eigenvalue weighted by Crippen LogP contribution is 2.44. The maximum absolute atomic E-state index is 13.7. The third-order valence-electron chi connectivity index (χ3n) is 11.6. The second kappa shape index (κ2) is 24.7. The molecule has 5 rings (SSSR count). The van der Waals surface area contributed by atoms with Gasteiger partial charge in [0.15, 0.2) is 0 Å². The summed E-state index contributed by atoms with van der Waals surface area (Å²) in [5, 5.41) is 39.0. The first kappa shape index (κ1) is 53.5. The van der Waals surface area contributed by atoms with Gasteiger partial charge in [0.25, 0.3) is 0 Å². The summed E-state index contributed by atoms with van der Waals surface area (Å²) in [4.78, 5) is 117. The molecule has 21 nitrogen and oxygen atoms in total. The van der Waals surface area contributed by atoms with E-state index in [2.05, 4.69) is 42.5 Å². The summed E-state index contributed by atoms with van der Waals surface area (Å²) < 4.78 is 5.53. The van der Waals surface area contributed by atoms with Crippen molar-refractivity contribution in [3.63, 3.8) is 0 Å². The van der Waals surface area contributed by atoms with Gasteiger partial charge in [0.2, 0.25) is 47.3 Å². The van der Waals surface area contributed by atoms with E-state index in [1.165, 1.54) is 71.0 Å². The normalized spacial score (nSPS) is 14.4. The Morgan fingerprint density at radius 3 is 1.35 bits per heavy atom. The zero-order chi connectivity index (χ0) is 51.9. The van der Waals surface area contributed by atoms with Gasteiger partial charge in [-0.3, -0.25) is 38.4 Å². The molecule has 0 radical (unpaired) electrons. The first-order valence-corrected chi connectivity index (χ1v) is 22.8. The Morgan fingerprint density at radius 1 is 0.493 bits per heavy atom. The molecule has 0 bridgehead atoms. The Bertz CT molecular complexity index is 2560. The molecule has 4 aromatic rings. The largest absolute Gasteiger partial charge is 0.508 e. The Morgan fingerprint density at radius 2 is 0.887 bits per heavy atom. The van der Waals surface area contributed by atoms with Crippen molar-refractivity contribution >= 4 is 53.4 Å². The SMILES string of the molecule is CC(NC(=O)OCC1c2ccccc2-c2ccccc21)C(=O)N[C@@H](C)C(=O)NC(C)C(=O)N[C@@H](Cc1ccc(O)cc1)C(=O)NC(C)C(=O)N[C@@H](C)C(=O)NCC(=O)N[C@@H](Cc1ccc(O)cc1)C(N)=O. The van der Waals surface area contributed by atoms with E-state index in [4.69, 9.17) is 10.5 Å². The van der Waals surface area contributed by atoms with Gasteiger partial charge in [-0.05, 0) is 92.3 Å². The van der Waals surface area contributed by atoms with E-state index in [1.807, 2.05) is 48.5 Å². The number of fused-ring (bicyclic) bond motifs is 3. The van der Waals surface area contributed by atoms with Gasteiger partial charge in [-0.15, -0.1) is 0 Å². The van der Waals surface area contributed by atoms with Gasteiger partial charge in [-0.25, -0.2) is 4.79 Å². The fraction of sp³-hybridized carbons (Fsp3) is 0.340. The van der Waals surface area contributed by atoms with Crippen molar-refractivity contribution in [3.05, 3.63) is 119 Å². The molecule has 9 amide bonds. The van der Waals surface area contributed by atoms with Crippen LogP contribution >= 0.6 is 0 Å². The maximum Gasteiger partial charge on any atom is 0.407 e. The molecule has 12 N–H and O–H groups in total. The number of carbonyl (C=O) groups is 9. The van der Waals surface area contributed by atoms with Crippen LogP contribution in [-0.2, 0) is 55.9 Å². The highest BCUT2D eigenvalue weighted by Gasteiger charge is 2.32. The Hall–Kier alpha value is -8.49. The summed E-state index contributed by atoms with van der Waals surface area (Å²) in [6.45, 7) is 6.24. The molecule has 1 aliphatic rings. The van der Waals surface area contributed by atoms with E-state index in [-0.39, 0.29) is 36.9 Å². The van der Waals surface area contributed by atoms with E-state index in [1.54, 1.807) is 12.1 Å². The average Bonchev–Trinajstić information content (AvgIpc) is 3.66. The number of aromatic hydroxyl groups is 2. The number of nitrogens with one attached hydrogen (secondary N) is 8. The Balaban J connectivity index is 1.08. The van der Waals surface area contributed by atoms with Gasteiger partial charge in [-0.1, -0.05) is 72.8 Å². The molecule has 0 saturated heterocycles. The van der Waals surface area contributed by atoms with Crippen LogP contribution in [0, 0.1) is 0 Å². The van der Waals surface area contributed by atoms with Crippen LogP contribution in [0.25, 0.3) is 11.1 Å². The second-order valence-corrected chi connectivity index (χ2v) is 17.2. The molecular formula is C50H59N9O12. The van der Waals surface area contributed by atoms with Crippen LogP contribution in [0.4, 0.5) is 4.79 Å². The topological polar surface area (TPSA) is 326 Å². The summed E-state index contributed by atoms with van der Waals surface area (Å²) in [6, 6.07) is 18.9. The molecule has 3 unspecified atom stereocenters. The summed E-state index contributed by atoms with van der Waals surface area (Å²) in [5.74, 6) is -6.50. The molecule has 7 atom stereocenters. The summed E-state index contributed by atoms with van der Waals surface area (Å²) >= 11 is 0. The standard InChI is InChI=1S/C50H59N9O12/c1-26(44(64)52-24-42(62)58-40(43(51)63)22-31-14-18-33(60)19-15-31)53-46(66)28(3)56-49(69)41(23-32-16-20-34(61)21-17-32)59-48(68)29(4)55-45(65)27(2)54-47(67)30(5)57-50(70)71-25-39-37-12-8-6-10-35(37)36-11-7-9-13-38(36)39/h6-21,26-30,39-41,60-61H,22-25H2,1-5H3,(H2,51,63)(H,52,64)(H,53,66)(H,54,67)(H,55,65)(H,56,69)(H,57,70)(H,58,62)(H,59,68)/t26-,27-,28?,29?,30?,40-,41-/m0/s1. The lowest BCUT2D eigenvalue weighted by Gasteiger charge is -2.24. The monoisotopic (exact) mass is 977 g/mol. The zero-order valence-electron chi connectivity index (χ0n) is 39.7. The van der Waals surface area contributed by atoms with Gasteiger partial charge in [-0.2, -0.15) is 0 Å². The van der Waals surface area contributed by atoms with Crippen molar-refractivity contribution in [2.45, 2.75) is 95.7 Å². The molecule has 0 spiro atoms. The number of phenolic OH excluding ortho intramolecular Hbond substituents is 2. The quantitative estimate of drug-likeness (QED) is 0.0510. The highest BCUT2D eigenvalue weighted by atomic mass is 16.5. The number of alkyl carbamates (subject to hydrolysis) is 1. The van der Waals surface area contributed by atoms with Gasteiger partial charge in [0.1, 0.15) is 60.4 Å². The van der Waals surface area contributed by atoms with Crippen LogP contribution in [0.3, 0.4) is 0 Å². The molecular weight excluding hydrogens is 919 g/mol. The summed E-state index contributed by atoms with van der Waals surface area (Å²) in [6.07, 6.45) is -0.937. The van der Waals surface area contributed by atoms with Crippen LogP contribution in [0.2, 0.25) is 0 Å². The molecule has 1 aliphatic carbocycles. The molecule has 0 saturated carbocycles. The van der Waals surface area contributed by atoms with Crippen LogP contribution in [0.5, 0.6) is 11.5 Å². The smallest absolute Gasteiger partial charge is 0.407 e. The summed E-state index contributed by atoms with van der Waals surface area (Å²) in [7, 11) is 0. The molecule has 4 aromatic carbocycles. The zero-order valence-corrected chi connectivity index (χ0v) is 39.7. The van der Waals surface area contributed by atoms with E-state index >= 15 is 0 Å². The minimum Gasteiger partial charge on any atom is -0.508 e. The number of ether oxygens (including phenoxy) is 1. The van der Waals surface area contributed by atoms with Crippen molar-refractivity contribution in [2.24, 2.45) is 5.73 Å². The fourth-order valence-corrected chi connectivity index (χ4v) is 7.50. The van der Waals surface area contributed by atoms with Gasteiger partial charge < -0.3 is 63.2 Å². The number of primary amides is 1. The predicted octanol–water partition coefficient (Wildman–Crippen LogP) is 0.400. The molecule has 376 valence electrons. The van der Waals surface area contributed by atoms with E-state index in [0.717, 1.165) is 22.3 Å². The van der Waals surface area contributed by atoms with Crippen molar-refractivity contribution in [2.75, 3.05) is 13.2 Å². The van der Waals surface area contributed by atoms with E-state index < -0.39 is 102 Å². The number of hydrogen-bond acceptors (Lipinski definition) is 12. The highest BCUT2D eigenvalue weighted by molar-refractivity contribution is 5.97. The number of carbonyl (C=O) groups excluding carboxylic acids is 9. The first-order valence-electron chi connectivity index (χ1n) is 22.8. The molecule has 21 heteroatoms. The van der Waals surface area contributed by atoms with Gasteiger partial charge >= 0.3 is 6.09 Å². The van der Waals surface area contributed by atoms with Crippen LogP contribution in [0.15, 0.2) is 97.1 Å². The lowest BCUT2D eigenvalue weighted by molar-refractivity contribution is -0.134. The van der Waals surface area contributed by atoms with Gasteiger partial charge in [0, 0.05) is 18.8 Å². The minimum absolute atomic E-state index is 0.0112.